The van der Waals surface area contributed by atoms with Crippen molar-refractivity contribution in [2.75, 3.05) is 20.2 Å². The van der Waals surface area contributed by atoms with Gasteiger partial charge in [0.2, 0.25) is 0 Å². The minimum atomic E-state index is -1.55. The first-order chi connectivity index (χ1) is 13.9. The summed E-state index contributed by atoms with van der Waals surface area (Å²) in [7, 11) is 1.95. The standard InChI is InChI=1S/C18H23NO2.C4H4O4/c1-15(12-19-2)13-20-17-10-6-7-11-18(17)21-14-16-8-4-3-5-9-16;5-3(6)1-2-4(7)8/h3-11,15,19H,12-14H2,1-2H3;1-2H,(H,5,6)(H,7,8)/p-2. The number of nitrogens with one attached hydrogen (secondary N) is 1. The van der Waals surface area contributed by atoms with Crippen LogP contribution in [0.1, 0.15) is 12.5 Å². The molecule has 0 saturated carbocycles. The van der Waals surface area contributed by atoms with E-state index in [1.165, 1.54) is 0 Å². The number of aliphatic carboxylic acids is 2. The molecule has 0 amide bonds. The summed E-state index contributed by atoms with van der Waals surface area (Å²) in [6.45, 7) is 4.32. The molecule has 0 saturated heterocycles. The molecule has 0 heterocycles. The second kappa shape index (κ2) is 13.8. The maximum atomic E-state index is 9.41. The third-order valence-corrected chi connectivity index (χ3v) is 3.52. The lowest BCUT2D eigenvalue weighted by Crippen LogP contribution is -2.23. The van der Waals surface area contributed by atoms with Crippen LogP contribution in [0.15, 0.2) is 66.7 Å². The maximum Gasteiger partial charge on any atom is 0.161 e. The van der Waals surface area contributed by atoms with Gasteiger partial charge in [-0.2, -0.15) is 0 Å². The molecule has 29 heavy (non-hydrogen) atoms. The molecule has 156 valence electrons. The average Bonchev–Trinajstić information content (AvgIpc) is 2.71. The van der Waals surface area contributed by atoms with E-state index in [1.54, 1.807) is 0 Å². The molecule has 0 aliphatic carbocycles. The van der Waals surface area contributed by atoms with Crippen molar-refractivity contribution in [1.29, 1.82) is 0 Å². The Morgan fingerprint density at radius 2 is 1.45 bits per heavy atom. The molecule has 0 bridgehead atoms. The summed E-state index contributed by atoms with van der Waals surface area (Å²) in [5.74, 6) is -1.05. The Labute approximate surface area is 170 Å². The van der Waals surface area contributed by atoms with Crippen molar-refractivity contribution in [2.24, 2.45) is 5.92 Å². The number of para-hydroxylation sites is 2. The van der Waals surface area contributed by atoms with E-state index in [1.807, 2.05) is 49.5 Å². The van der Waals surface area contributed by atoms with E-state index in [4.69, 9.17) is 9.47 Å². The summed E-state index contributed by atoms with van der Waals surface area (Å²) < 4.78 is 11.7. The topological polar surface area (TPSA) is 111 Å². The second-order valence-corrected chi connectivity index (χ2v) is 6.17. The van der Waals surface area contributed by atoms with Crippen molar-refractivity contribution in [3.05, 3.63) is 72.3 Å². The number of benzene rings is 2. The van der Waals surface area contributed by atoms with Crippen LogP contribution in [-0.2, 0) is 16.2 Å². The van der Waals surface area contributed by atoms with Gasteiger partial charge in [-0.15, -0.1) is 0 Å². The first-order valence-electron chi connectivity index (χ1n) is 9.05. The number of ether oxygens (including phenoxy) is 2. The summed E-state index contributed by atoms with van der Waals surface area (Å²) >= 11 is 0. The fourth-order valence-electron chi connectivity index (χ4n) is 2.20. The van der Waals surface area contributed by atoms with E-state index in [0.717, 1.165) is 23.6 Å². The number of hydrogen-bond donors (Lipinski definition) is 1. The van der Waals surface area contributed by atoms with Gasteiger partial charge in [0.25, 0.3) is 0 Å². The monoisotopic (exact) mass is 399 g/mol. The first-order valence-corrected chi connectivity index (χ1v) is 9.05. The van der Waals surface area contributed by atoms with Gasteiger partial charge < -0.3 is 34.6 Å². The van der Waals surface area contributed by atoms with Gasteiger partial charge in [-0.1, -0.05) is 49.4 Å². The van der Waals surface area contributed by atoms with E-state index in [9.17, 15) is 19.8 Å². The molecule has 7 nitrogen and oxygen atoms in total. The first kappa shape index (κ1) is 23.7. The van der Waals surface area contributed by atoms with Gasteiger partial charge in [0.15, 0.2) is 11.5 Å². The number of carbonyl (C=O) groups is 2. The van der Waals surface area contributed by atoms with E-state index >= 15 is 0 Å². The van der Waals surface area contributed by atoms with Crippen LogP contribution >= 0.6 is 0 Å². The third kappa shape index (κ3) is 11.2. The largest absolute Gasteiger partial charge is 0.545 e. The zero-order valence-corrected chi connectivity index (χ0v) is 16.5. The molecule has 0 spiro atoms. The Morgan fingerprint density at radius 1 is 0.931 bits per heavy atom. The van der Waals surface area contributed by atoms with Crippen molar-refractivity contribution in [3.63, 3.8) is 0 Å². The fourth-order valence-corrected chi connectivity index (χ4v) is 2.20. The summed E-state index contributed by atoms with van der Waals surface area (Å²) in [5, 5.41) is 22.0. The number of rotatable bonds is 10. The highest BCUT2D eigenvalue weighted by atomic mass is 16.5. The second-order valence-electron chi connectivity index (χ2n) is 6.17. The Hall–Kier alpha value is -3.32. The highest BCUT2D eigenvalue weighted by molar-refractivity contribution is 5.87. The van der Waals surface area contributed by atoms with Crippen LogP contribution in [0.5, 0.6) is 11.5 Å². The molecule has 0 aromatic heterocycles. The molecule has 2 aromatic carbocycles. The van der Waals surface area contributed by atoms with Gasteiger partial charge in [0, 0.05) is 12.5 Å². The van der Waals surface area contributed by atoms with Crippen molar-refractivity contribution in [1.82, 2.24) is 5.32 Å². The molecule has 7 heteroatoms. The molecular formula is C22H25NO6-2. The zero-order valence-electron chi connectivity index (χ0n) is 16.5. The van der Waals surface area contributed by atoms with Crippen molar-refractivity contribution >= 4 is 11.9 Å². The van der Waals surface area contributed by atoms with Crippen LogP contribution in [0.25, 0.3) is 0 Å². The lowest BCUT2D eigenvalue weighted by molar-refractivity contribution is -0.301. The SMILES string of the molecule is CNCC(C)COc1ccccc1OCc1ccccc1.O=C([O-])C=CC(=O)[O-]. The summed E-state index contributed by atoms with van der Waals surface area (Å²) in [6, 6.07) is 18.0. The van der Waals surface area contributed by atoms with Gasteiger partial charge in [-0.05, 0) is 36.9 Å². The fraction of sp³-hybridized carbons (Fsp3) is 0.273. The quantitative estimate of drug-likeness (QED) is 0.581. The molecule has 2 aromatic rings. The third-order valence-electron chi connectivity index (χ3n) is 3.52. The Morgan fingerprint density at radius 3 is 1.97 bits per heavy atom. The normalized spacial score (nSPS) is 11.2. The van der Waals surface area contributed by atoms with E-state index in [0.29, 0.717) is 31.3 Å². The van der Waals surface area contributed by atoms with Crippen LogP contribution in [0.4, 0.5) is 0 Å². The predicted octanol–water partition coefficient (Wildman–Crippen LogP) is 0.542. The van der Waals surface area contributed by atoms with Crippen LogP contribution < -0.4 is 25.0 Å². The van der Waals surface area contributed by atoms with Crippen LogP contribution in [0.2, 0.25) is 0 Å². The number of carboxylic acid groups (broad SMARTS) is 2. The predicted molar refractivity (Wildman–Crippen MR) is 105 cm³/mol. The molecule has 0 fully saturated rings. The molecular weight excluding hydrogens is 374 g/mol. The minimum Gasteiger partial charge on any atom is -0.545 e. The molecule has 1 N–H and O–H groups in total. The smallest absolute Gasteiger partial charge is 0.161 e. The Balaban J connectivity index is 0.000000447. The molecule has 2 rings (SSSR count). The van der Waals surface area contributed by atoms with Crippen LogP contribution in [0.3, 0.4) is 0 Å². The lowest BCUT2D eigenvalue weighted by Gasteiger charge is -2.15. The van der Waals surface area contributed by atoms with Crippen LogP contribution in [0, 0.1) is 5.92 Å². The molecule has 0 aliphatic heterocycles. The lowest BCUT2D eigenvalue weighted by atomic mass is 10.2. The zero-order chi connectivity index (χ0) is 21.5. The van der Waals surface area contributed by atoms with Gasteiger partial charge in [0.1, 0.15) is 6.61 Å². The highest BCUT2D eigenvalue weighted by Gasteiger charge is 2.07. The summed E-state index contributed by atoms with van der Waals surface area (Å²) in [4.78, 5) is 18.8. The van der Waals surface area contributed by atoms with E-state index in [2.05, 4.69) is 24.4 Å². The molecule has 1 unspecified atom stereocenters. The van der Waals surface area contributed by atoms with Crippen LogP contribution in [-0.4, -0.2) is 32.1 Å². The van der Waals surface area contributed by atoms with Crippen molar-refractivity contribution in [3.8, 4) is 11.5 Å². The Bertz CT molecular complexity index is 760. The number of hydrogen-bond acceptors (Lipinski definition) is 7. The highest BCUT2D eigenvalue weighted by Crippen LogP contribution is 2.27. The molecule has 0 aliphatic rings. The van der Waals surface area contributed by atoms with E-state index in [-0.39, 0.29) is 0 Å². The van der Waals surface area contributed by atoms with E-state index < -0.39 is 11.9 Å². The molecule has 0 radical (unpaired) electrons. The van der Waals surface area contributed by atoms with Crippen molar-refractivity contribution < 1.29 is 29.3 Å². The number of carbonyl (C=O) groups excluding carboxylic acids is 2. The summed E-state index contributed by atoms with van der Waals surface area (Å²) in [5.41, 5.74) is 1.15. The van der Waals surface area contributed by atoms with Gasteiger partial charge in [0.05, 0.1) is 18.5 Å². The van der Waals surface area contributed by atoms with Gasteiger partial charge in [-0.3, -0.25) is 0 Å². The maximum absolute atomic E-state index is 9.41. The minimum absolute atomic E-state index is 0.384. The molecule has 1 atom stereocenters. The summed E-state index contributed by atoms with van der Waals surface area (Å²) in [6.07, 6.45) is 0.769. The number of carboxylic acids is 2. The Kier molecular flexibility index (Phi) is 11.3. The van der Waals surface area contributed by atoms with Gasteiger partial charge in [-0.25, -0.2) is 0 Å². The van der Waals surface area contributed by atoms with Crippen molar-refractivity contribution in [2.45, 2.75) is 13.5 Å². The average molecular weight is 399 g/mol. The van der Waals surface area contributed by atoms with Gasteiger partial charge >= 0.3 is 0 Å².